The minimum absolute atomic E-state index is 0.0319. The fraction of sp³-hybridized carbons (Fsp3) is 0.364. The molecule has 0 radical (unpaired) electrons. The molecule has 1 fully saturated rings. The predicted molar refractivity (Wildman–Crippen MR) is 121 cm³/mol. The summed E-state index contributed by atoms with van der Waals surface area (Å²) in [5, 5.41) is 16.0. The van der Waals surface area contributed by atoms with Gasteiger partial charge in [0, 0.05) is 25.2 Å². The summed E-state index contributed by atoms with van der Waals surface area (Å²) in [5.74, 6) is 0.666. The molecule has 0 saturated carbocycles. The zero-order valence-electron chi connectivity index (χ0n) is 18.1. The van der Waals surface area contributed by atoms with E-state index in [1.54, 1.807) is 35.5 Å². The Labute approximate surface area is 187 Å². The van der Waals surface area contributed by atoms with Crippen LogP contribution in [-0.2, 0) is 14.8 Å². The fourth-order valence-electron chi connectivity index (χ4n) is 3.63. The third-order valence-corrected chi connectivity index (χ3v) is 6.71. The van der Waals surface area contributed by atoms with Gasteiger partial charge in [-0.25, -0.2) is 5.01 Å². The van der Waals surface area contributed by atoms with Gasteiger partial charge in [0.1, 0.15) is 4.90 Å². The summed E-state index contributed by atoms with van der Waals surface area (Å²) in [6.07, 6.45) is 1.60. The highest BCUT2D eigenvalue weighted by Crippen LogP contribution is 2.29. The van der Waals surface area contributed by atoms with Crippen molar-refractivity contribution < 1.29 is 23.0 Å². The van der Waals surface area contributed by atoms with Crippen LogP contribution >= 0.6 is 0 Å². The molecular formula is C22H26N4O5S. The van der Waals surface area contributed by atoms with Crippen LogP contribution in [0.15, 0.2) is 50.8 Å². The van der Waals surface area contributed by atoms with Gasteiger partial charge in [0.2, 0.25) is 0 Å². The molecule has 0 atom stereocenters. The standard InChI is InChI=1S/C22H26N4O5S/c1-16-3-6-21-18(13-16)22(24-32(21,28)29)26(8-7-25-9-11-31-12-10-25)23-15-17-4-5-19(27)20(14-17)30-2/h3-6,13-15,27H,7-12H2,1-2H3/b23-15+. The van der Waals surface area contributed by atoms with Crippen LogP contribution in [0, 0.1) is 6.92 Å². The van der Waals surface area contributed by atoms with Crippen LogP contribution in [0.1, 0.15) is 16.7 Å². The van der Waals surface area contributed by atoms with Crippen LogP contribution in [0.5, 0.6) is 11.5 Å². The molecule has 1 N–H and O–H groups in total. The smallest absolute Gasteiger partial charge is 0.285 e. The number of hydrogen-bond donors (Lipinski definition) is 1. The first kappa shape index (κ1) is 22.3. The average Bonchev–Trinajstić information content (AvgIpc) is 3.05. The van der Waals surface area contributed by atoms with Gasteiger partial charge in [0.15, 0.2) is 17.3 Å². The Hall–Kier alpha value is -2.95. The Bertz CT molecular complexity index is 1160. The first-order valence-electron chi connectivity index (χ1n) is 10.3. The van der Waals surface area contributed by atoms with Crippen molar-refractivity contribution in [2.45, 2.75) is 11.8 Å². The van der Waals surface area contributed by atoms with Crippen LogP contribution in [0.2, 0.25) is 0 Å². The van der Waals surface area contributed by atoms with Gasteiger partial charge in [0.25, 0.3) is 10.0 Å². The van der Waals surface area contributed by atoms with Crippen molar-refractivity contribution in [1.29, 1.82) is 0 Å². The normalized spacial score (nSPS) is 17.9. The number of fused-ring (bicyclic) bond motifs is 1. The van der Waals surface area contributed by atoms with Crippen LogP contribution in [0.4, 0.5) is 0 Å². The lowest BCUT2D eigenvalue weighted by Gasteiger charge is -2.28. The molecule has 2 heterocycles. The van der Waals surface area contributed by atoms with Crippen molar-refractivity contribution in [3.8, 4) is 11.5 Å². The number of hydrazone groups is 1. The number of amidine groups is 1. The molecule has 2 aliphatic heterocycles. The number of nitrogens with zero attached hydrogens (tertiary/aromatic N) is 4. The van der Waals surface area contributed by atoms with Crippen LogP contribution in [0.3, 0.4) is 0 Å². The highest BCUT2D eigenvalue weighted by molar-refractivity contribution is 7.90. The Morgan fingerprint density at radius 1 is 1.25 bits per heavy atom. The maximum atomic E-state index is 12.6. The fourth-order valence-corrected chi connectivity index (χ4v) is 4.82. The van der Waals surface area contributed by atoms with Crippen LogP contribution < -0.4 is 4.74 Å². The molecule has 9 nitrogen and oxygen atoms in total. The van der Waals surface area contributed by atoms with E-state index in [1.807, 2.05) is 13.0 Å². The lowest BCUT2D eigenvalue weighted by atomic mass is 10.1. The van der Waals surface area contributed by atoms with E-state index in [0.717, 1.165) is 18.7 Å². The van der Waals surface area contributed by atoms with E-state index in [9.17, 15) is 13.5 Å². The van der Waals surface area contributed by atoms with Gasteiger partial charge in [0.05, 0.1) is 33.1 Å². The number of hydrogen-bond acceptors (Lipinski definition) is 8. The van der Waals surface area contributed by atoms with E-state index in [-0.39, 0.29) is 10.6 Å². The number of rotatable bonds is 6. The second-order valence-electron chi connectivity index (χ2n) is 7.64. The monoisotopic (exact) mass is 458 g/mol. The van der Waals surface area contributed by atoms with Gasteiger partial charge in [-0.1, -0.05) is 11.6 Å². The van der Waals surface area contributed by atoms with Crippen molar-refractivity contribution in [2.75, 3.05) is 46.5 Å². The summed E-state index contributed by atoms with van der Waals surface area (Å²) in [6.45, 7) is 6.02. The molecule has 2 aromatic carbocycles. The summed E-state index contributed by atoms with van der Waals surface area (Å²) in [4.78, 5) is 2.44. The maximum Gasteiger partial charge on any atom is 0.285 e. The number of morpholine rings is 1. The van der Waals surface area contributed by atoms with Gasteiger partial charge in [-0.05, 0) is 42.8 Å². The number of methoxy groups -OCH3 is 1. The minimum atomic E-state index is -3.77. The third kappa shape index (κ3) is 4.77. The third-order valence-electron chi connectivity index (χ3n) is 5.39. The molecule has 10 heteroatoms. The first-order chi connectivity index (χ1) is 15.4. The molecule has 0 unspecified atom stereocenters. The van der Waals surface area contributed by atoms with E-state index in [4.69, 9.17) is 9.47 Å². The molecular weight excluding hydrogens is 432 g/mol. The lowest BCUT2D eigenvalue weighted by molar-refractivity contribution is 0.0360. The summed E-state index contributed by atoms with van der Waals surface area (Å²) >= 11 is 0. The van der Waals surface area contributed by atoms with E-state index >= 15 is 0 Å². The van der Waals surface area contributed by atoms with Crippen molar-refractivity contribution in [1.82, 2.24) is 9.91 Å². The van der Waals surface area contributed by atoms with Gasteiger partial charge in [-0.15, -0.1) is 4.40 Å². The molecule has 170 valence electrons. The Balaban J connectivity index is 1.66. The van der Waals surface area contributed by atoms with Gasteiger partial charge < -0.3 is 14.6 Å². The highest BCUT2D eigenvalue weighted by atomic mass is 32.2. The zero-order valence-corrected chi connectivity index (χ0v) is 18.9. The average molecular weight is 459 g/mol. The Morgan fingerprint density at radius 3 is 2.78 bits per heavy atom. The molecule has 1 saturated heterocycles. The van der Waals surface area contributed by atoms with Gasteiger partial charge in [-0.2, -0.15) is 13.5 Å². The minimum Gasteiger partial charge on any atom is -0.504 e. The highest BCUT2D eigenvalue weighted by Gasteiger charge is 2.32. The number of phenolic OH excluding ortho intramolecular Hbond substituents is 1. The number of ether oxygens (including phenoxy) is 2. The predicted octanol–water partition coefficient (Wildman–Crippen LogP) is 1.83. The maximum absolute atomic E-state index is 12.6. The van der Waals surface area contributed by atoms with E-state index in [0.29, 0.717) is 49.0 Å². The lowest BCUT2D eigenvalue weighted by Crippen LogP contribution is -2.41. The Kier molecular flexibility index (Phi) is 6.45. The molecule has 0 spiro atoms. The second kappa shape index (κ2) is 9.27. The van der Waals surface area contributed by atoms with Crippen molar-refractivity contribution in [3.63, 3.8) is 0 Å². The molecule has 0 amide bonds. The molecule has 0 aromatic heterocycles. The number of aromatic hydroxyl groups is 1. The van der Waals surface area contributed by atoms with Gasteiger partial charge in [-0.3, -0.25) is 4.90 Å². The molecule has 2 aromatic rings. The van der Waals surface area contributed by atoms with E-state index in [1.165, 1.54) is 13.2 Å². The zero-order chi connectivity index (χ0) is 22.7. The number of benzene rings is 2. The topological polar surface area (TPSA) is 104 Å². The second-order valence-corrected chi connectivity index (χ2v) is 9.22. The molecule has 32 heavy (non-hydrogen) atoms. The molecule has 2 aliphatic rings. The van der Waals surface area contributed by atoms with E-state index < -0.39 is 10.0 Å². The van der Waals surface area contributed by atoms with Crippen molar-refractivity contribution in [3.05, 3.63) is 53.1 Å². The summed E-state index contributed by atoms with van der Waals surface area (Å²) in [5.41, 5.74) is 2.18. The summed E-state index contributed by atoms with van der Waals surface area (Å²) < 4.78 is 39.9. The van der Waals surface area contributed by atoms with E-state index in [2.05, 4.69) is 14.4 Å². The first-order valence-corrected chi connectivity index (χ1v) is 11.8. The number of aryl methyl sites for hydroxylation is 1. The van der Waals surface area contributed by atoms with Crippen molar-refractivity contribution in [2.24, 2.45) is 9.50 Å². The molecule has 4 rings (SSSR count). The Morgan fingerprint density at radius 2 is 2.03 bits per heavy atom. The summed E-state index contributed by atoms with van der Waals surface area (Å²) in [7, 11) is -2.30. The summed E-state index contributed by atoms with van der Waals surface area (Å²) in [6, 6.07) is 10.1. The van der Waals surface area contributed by atoms with Gasteiger partial charge >= 0.3 is 0 Å². The molecule has 0 aliphatic carbocycles. The van der Waals surface area contributed by atoms with Crippen LogP contribution in [-0.4, -0.2) is 82.0 Å². The SMILES string of the molecule is COc1cc(/C=N/N(CCN2CCOCC2)C2=NS(=O)(=O)c3ccc(C)cc32)ccc1O. The largest absolute Gasteiger partial charge is 0.504 e. The number of sulfonamides is 1. The van der Waals surface area contributed by atoms with Crippen molar-refractivity contribution >= 4 is 22.1 Å². The van der Waals surface area contributed by atoms with Crippen LogP contribution in [0.25, 0.3) is 0 Å². The number of phenols is 1. The molecule has 0 bridgehead atoms. The quantitative estimate of drug-likeness (QED) is 0.520.